The Morgan fingerprint density at radius 1 is 1.43 bits per heavy atom. The summed E-state index contributed by atoms with van der Waals surface area (Å²) in [6.45, 7) is 0. The van der Waals surface area contributed by atoms with E-state index in [4.69, 9.17) is 21.1 Å². The van der Waals surface area contributed by atoms with Gasteiger partial charge in [-0.1, -0.05) is 12.1 Å². The van der Waals surface area contributed by atoms with Crippen molar-refractivity contribution < 1.29 is 14.3 Å². The zero-order chi connectivity index (χ0) is 10.6. The molecule has 1 aromatic rings. The summed E-state index contributed by atoms with van der Waals surface area (Å²) in [4.78, 5) is 11.0. The standard InChI is InChI=1S/C10H11ClO3/c1-13-8-5-3-4-7(6-8)9(14-2)10(11)12/h3-6,9H,1-2H3. The third-order valence-electron chi connectivity index (χ3n) is 1.84. The fourth-order valence-corrected chi connectivity index (χ4v) is 1.38. The molecule has 3 nitrogen and oxygen atoms in total. The number of carbonyl (C=O) groups is 1. The van der Waals surface area contributed by atoms with Gasteiger partial charge >= 0.3 is 0 Å². The minimum Gasteiger partial charge on any atom is -0.497 e. The van der Waals surface area contributed by atoms with Gasteiger partial charge in [0, 0.05) is 7.11 Å². The Labute approximate surface area is 87.6 Å². The molecule has 0 heterocycles. The van der Waals surface area contributed by atoms with Gasteiger partial charge < -0.3 is 9.47 Å². The van der Waals surface area contributed by atoms with E-state index >= 15 is 0 Å². The lowest BCUT2D eigenvalue weighted by Gasteiger charge is -2.11. The molecular formula is C10H11ClO3. The molecule has 14 heavy (non-hydrogen) atoms. The molecule has 0 saturated carbocycles. The second kappa shape index (κ2) is 4.98. The molecule has 0 radical (unpaired) electrons. The van der Waals surface area contributed by atoms with Crippen LogP contribution in [0.3, 0.4) is 0 Å². The summed E-state index contributed by atoms with van der Waals surface area (Å²) in [5.74, 6) is 0.669. The fourth-order valence-electron chi connectivity index (χ4n) is 1.16. The van der Waals surface area contributed by atoms with E-state index in [2.05, 4.69) is 0 Å². The van der Waals surface area contributed by atoms with Crippen molar-refractivity contribution in [3.63, 3.8) is 0 Å². The predicted molar refractivity (Wildman–Crippen MR) is 53.6 cm³/mol. The largest absolute Gasteiger partial charge is 0.497 e. The molecule has 0 amide bonds. The number of benzene rings is 1. The third-order valence-corrected chi connectivity index (χ3v) is 2.04. The molecule has 0 aliphatic carbocycles. The zero-order valence-corrected chi connectivity index (χ0v) is 8.75. The molecule has 0 saturated heterocycles. The lowest BCUT2D eigenvalue weighted by molar-refractivity contribution is -0.121. The van der Waals surface area contributed by atoms with Gasteiger partial charge in [-0.15, -0.1) is 0 Å². The van der Waals surface area contributed by atoms with Gasteiger partial charge in [-0.3, -0.25) is 4.79 Å². The molecule has 0 N–H and O–H groups in total. The second-order valence-electron chi connectivity index (χ2n) is 2.70. The van der Waals surface area contributed by atoms with Crippen LogP contribution in [0, 0.1) is 0 Å². The summed E-state index contributed by atoms with van der Waals surface area (Å²) < 4.78 is 9.98. The lowest BCUT2D eigenvalue weighted by Crippen LogP contribution is -2.08. The summed E-state index contributed by atoms with van der Waals surface area (Å²) in [5, 5.41) is -0.541. The van der Waals surface area contributed by atoms with Gasteiger partial charge in [-0.05, 0) is 29.3 Å². The highest BCUT2D eigenvalue weighted by Gasteiger charge is 2.17. The van der Waals surface area contributed by atoms with Gasteiger partial charge in [0.05, 0.1) is 7.11 Å². The normalized spacial score (nSPS) is 12.2. The molecule has 4 heteroatoms. The fraction of sp³-hybridized carbons (Fsp3) is 0.300. The average Bonchev–Trinajstić information content (AvgIpc) is 2.19. The van der Waals surface area contributed by atoms with Gasteiger partial charge in [-0.2, -0.15) is 0 Å². The molecule has 1 rings (SSSR count). The van der Waals surface area contributed by atoms with Crippen molar-refractivity contribution >= 4 is 16.8 Å². The van der Waals surface area contributed by atoms with Crippen molar-refractivity contribution in [2.24, 2.45) is 0 Å². The summed E-state index contributed by atoms with van der Waals surface area (Å²) in [6.07, 6.45) is -0.730. The number of halogens is 1. The van der Waals surface area contributed by atoms with Crippen molar-refractivity contribution in [1.82, 2.24) is 0 Å². The Hall–Kier alpha value is -1.06. The minimum atomic E-state index is -0.730. The lowest BCUT2D eigenvalue weighted by atomic mass is 10.1. The first-order valence-electron chi connectivity index (χ1n) is 4.05. The molecule has 0 aromatic heterocycles. The van der Waals surface area contributed by atoms with Crippen LogP contribution in [0.2, 0.25) is 0 Å². The van der Waals surface area contributed by atoms with Crippen LogP contribution in [0.4, 0.5) is 0 Å². The SMILES string of the molecule is COc1cccc(C(OC)C(=O)Cl)c1. The monoisotopic (exact) mass is 214 g/mol. The van der Waals surface area contributed by atoms with E-state index in [0.717, 1.165) is 0 Å². The number of ether oxygens (including phenoxy) is 2. The topological polar surface area (TPSA) is 35.5 Å². The highest BCUT2D eigenvalue weighted by molar-refractivity contribution is 6.64. The van der Waals surface area contributed by atoms with Gasteiger partial charge in [0.25, 0.3) is 5.24 Å². The van der Waals surface area contributed by atoms with Crippen LogP contribution in [0.15, 0.2) is 24.3 Å². The van der Waals surface area contributed by atoms with E-state index in [1.54, 1.807) is 31.4 Å². The molecule has 1 unspecified atom stereocenters. The first-order valence-corrected chi connectivity index (χ1v) is 4.43. The second-order valence-corrected chi connectivity index (χ2v) is 3.07. The van der Waals surface area contributed by atoms with E-state index in [0.29, 0.717) is 11.3 Å². The smallest absolute Gasteiger partial charge is 0.255 e. The minimum absolute atomic E-state index is 0.541. The van der Waals surface area contributed by atoms with Crippen LogP contribution in [0.1, 0.15) is 11.7 Å². The van der Waals surface area contributed by atoms with E-state index in [-0.39, 0.29) is 0 Å². The van der Waals surface area contributed by atoms with Crippen LogP contribution >= 0.6 is 11.6 Å². The zero-order valence-electron chi connectivity index (χ0n) is 7.99. The van der Waals surface area contributed by atoms with Gasteiger partial charge in [0.15, 0.2) is 6.10 Å². The van der Waals surface area contributed by atoms with E-state index in [1.165, 1.54) is 7.11 Å². The summed E-state index contributed by atoms with van der Waals surface area (Å²) in [6, 6.07) is 7.04. The molecule has 0 aliphatic rings. The molecular weight excluding hydrogens is 204 g/mol. The molecule has 0 aliphatic heterocycles. The summed E-state index contributed by atoms with van der Waals surface area (Å²) in [7, 11) is 2.99. The Bertz CT molecular complexity index is 325. The Morgan fingerprint density at radius 2 is 2.14 bits per heavy atom. The number of hydrogen-bond donors (Lipinski definition) is 0. The van der Waals surface area contributed by atoms with Crippen molar-refractivity contribution in [3.8, 4) is 5.75 Å². The Balaban J connectivity index is 2.98. The van der Waals surface area contributed by atoms with Crippen molar-refractivity contribution in [3.05, 3.63) is 29.8 Å². The van der Waals surface area contributed by atoms with E-state index in [1.807, 2.05) is 0 Å². The van der Waals surface area contributed by atoms with E-state index < -0.39 is 11.3 Å². The Morgan fingerprint density at radius 3 is 2.64 bits per heavy atom. The number of methoxy groups -OCH3 is 2. The summed E-state index contributed by atoms with van der Waals surface area (Å²) in [5.41, 5.74) is 0.687. The number of carbonyl (C=O) groups excluding carboxylic acids is 1. The Kier molecular flexibility index (Phi) is 3.92. The highest BCUT2D eigenvalue weighted by atomic mass is 35.5. The van der Waals surface area contributed by atoms with Gasteiger partial charge in [-0.25, -0.2) is 0 Å². The molecule has 0 fully saturated rings. The predicted octanol–water partition coefficient (Wildman–Crippen LogP) is 2.15. The van der Waals surface area contributed by atoms with Crippen LogP contribution < -0.4 is 4.74 Å². The summed E-state index contributed by atoms with van der Waals surface area (Å²) >= 11 is 5.37. The first-order chi connectivity index (χ1) is 6.69. The quantitative estimate of drug-likeness (QED) is 0.721. The number of hydrogen-bond acceptors (Lipinski definition) is 3. The van der Waals surface area contributed by atoms with Crippen LogP contribution in [0.25, 0.3) is 0 Å². The molecule has 0 spiro atoms. The number of rotatable bonds is 4. The van der Waals surface area contributed by atoms with Crippen LogP contribution in [0.5, 0.6) is 5.75 Å². The third kappa shape index (κ3) is 2.47. The molecule has 0 bridgehead atoms. The maximum absolute atomic E-state index is 11.0. The molecule has 76 valence electrons. The van der Waals surface area contributed by atoms with Crippen LogP contribution in [-0.2, 0) is 9.53 Å². The van der Waals surface area contributed by atoms with Crippen LogP contribution in [-0.4, -0.2) is 19.5 Å². The van der Waals surface area contributed by atoms with Gasteiger partial charge in [0.1, 0.15) is 5.75 Å². The molecule has 1 atom stereocenters. The molecule has 1 aromatic carbocycles. The highest BCUT2D eigenvalue weighted by Crippen LogP contribution is 2.23. The van der Waals surface area contributed by atoms with Crippen molar-refractivity contribution in [1.29, 1.82) is 0 Å². The maximum Gasteiger partial charge on any atom is 0.255 e. The van der Waals surface area contributed by atoms with E-state index in [9.17, 15) is 4.79 Å². The van der Waals surface area contributed by atoms with Crippen molar-refractivity contribution in [2.45, 2.75) is 6.10 Å². The average molecular weight is 215 g/mol. The van der Waals surface area contributed by atoms with Crippen molar-refractivity contribution in [2.75, 3.05) is 14.2 Å². The first kappa shape index (κ1) is 11.0. The maximum atomic E-state index is 11.0. The van der Waals surface area contributed by atoms with Gasteiger partial charge in [0.2, 0.25) is 0 Å².